The zero-order valence-corrected chi connectivity index (χ0v) is 23.8. The van der Waals surface area contributed by atoms with Crippen LogP contribution in [-0.4, -0.2) is 23.5 Å². The number of nitro groups is 1. The summed E-state index contributed by atoms with van der Waals surface area (Å²) in [5.41, 5.74) is 1.63. The number of allylic oxidation sites excluding steroid dienone is 1. The summed E-state index contributed by atoms with van der Waals surface area (Å²) in [4.78, 5) is 22.8. The fraction of sp³-hybridized carbons (Fsp3) is 0.903. The summed E-state index contributed by atoms with van der Waals surface area (Å²) >= 11 is 0. The first-order valence-corrected chi connectivity index (χ1v) is 14.9. The Kier molecular flexibility index (Phi) is 8.27. The van der Waals surface area contributed by atoms with Crippen molar-refractivity contribution in [3.8, 4) is 0 Å². The second kappa shape index (κ2) is 10.8. The van der Waals surface area contributed by atoms with E-state index in [1.165, 1.54) is 64.7 Å². The standard InChI is InChI=1S/C31H51NO4/c1-20(2)8-7-9-21(3)26-12-13-27-25-11-10-24-18-23(29(32(34)35)19-36-22(4)33)14-16-30(24,5)28(25)15-17-31(26,27)6/h14,20-21,24-29H,7-13,15-19H2,1-6H3/t21-,24+,25+,26-,27+,28+,29?,30+,31-/m1/s1. The van der Waals surface area contributed by atoms with E-state index >= 15 is 0 Å². The SMILES string of the molecule is CC(=O)OCC(C1=CC[C@@]2(C)[C@@H](CC[C@@H]3[C@@H]2CC[C@]2(C)[C@@H]([C@H](C)CCCC(C)C)CC[C@@H]32)C1)[N+](=O)[O-]. The molecule has 0 aromatic rings. The molecule has 0 aliphatic heterocycles. The van der Waals surface area contributed by atoms with Crippen LogP contribution in [0.15, 0.2) is 11.6 Å². The van der Waals surface area contributed by atoms with Gasteiger partial charge in [-0.2, -0.15) is 0 Å². The van der Waals surface area contributed by atoms with Gasteiger partial charge in [0.2, 0.25) is 0 Å². The highest BCUT2D eigenvalue weighted by molar-refractivity contribution is 5.65. The number of carbonyl (C=O) groups excluding carboxylic acids is 1. The highest BCUT2D eigenvalue weighted by atomic mass is 16.6. The molecule has 3 fully saturated rings. The molecule has 0 bridgehead atoms. The van der Waals surface area contributed by atoms with E-state index in [1.807, 2.05) is 0 Å². The molecule has 36 heavy (non-hydrogen) atoms. The molecule has 5 nitrogen and oxygen atoms in total. The molecule has 0 radical (unpaired) electrons. The van der Waals surface area contributed by atoms with Gasteiger partial charge in [-0.25, -0.2) is 0 Å². The molecular formula is C31H51NO4. The van der Waals surface area contributed by atoms with Crippen molar-refractivity contribution in [1.29, 1.82) is 0 Å². The molecule has 5 heteroatoms. The second-order valence-electron chi connectivity index (χ2n) is 14.0. The van der Waals surface area contributed by atoms with Crippen LogP contribution in [0.3, 0.4) is 0 Å². The number of ether oxygens (including phenoxy) is 1. The maximum Gasteiger partial charge on any atom is 0.302 e. The predicted molar refractivity (Wildman–Crippen MR) is 144 cm³/mol. The minimum atomic E-state index is -0.890. The van der Waals surface area contributed by atoms with E-state index in [9.17, 15) is 14.9 Å². The van der Waals surface area contributed by atoms with Gasteiger partial charge in [-0.1, -0.05) is 60.0 Å². The summed E-state index contributed by atoms with van der Waals surface area (Å²) in [6, 6.07) is -0.890. The van der Waals surface area contributed by atoms with Crippen molar-refractivity contribution < 1.29 is 14.5 Å². The van der Waals surface area contributed by atoms with E-state index in [0.29, 0.717) is 11.3 Å². The molecule has 3 saturated carbocycles. The molecule has 4 rings (SSSR count). The Morgan fingerprint density at radius 1 is 1.08 bits per heavy atom. The van der Waals surface area contributed by atoms with Crippen LogP contribution in [0.25, 0.3) is 0 Å². The van der Waals surface area contributed by atoms with Gasteiger partial charge in [-0.3, -0.25) is 14.9 Å². The van der Waals surface area contributed by atoms with Gasteiger partial charge < -0.3 is 4.74 Å². The highest BCUT2D eigenvalue weighted by Crippen LogP contribution is 2.68. The third-order valence-corrected chi connectivity index (χ3v) is 11.7. The van der Waals surface area contributed by atoms with Crippen molar-refractivity contribution in [2.45, 2.75) is 118 Å². The molecule has 0 saturated heterocycles. The van der Waals surface area contributed by atoms with Gasteiger partial charge in [-0.15, -0.1) is 0 Å². The number of hydrogen-bond acceptors (Lipinski definition) is 4. The van der Waals surface area contributed by atoms with Crippen molar-refractivity contribution in [2.24, 2.45) is 52.3 Å². The average Bonchev–Trinajstić information content (AvgIpc) is 3.15. The molecule has 204 valence electrons. The van der Waals surface area contributed by atoms with E-state index in [1.54, 1.807) is 0 Å². The molecule has 0 aromatic carbocycles. The zero-order valence-electron chi connectivity index (χ0n) is 23.8. The van der Waals surface area contributed by atoms with E-state index < -0.39 is 12.0 Å². The Labute approximate surface area is 219 Å². The Hall–Kier alpha value is -1.39. The lowest BCUT2D eigenvalue weighted by Crippen LogP contribution is -2.53. The third kappa shape index (κ3) is 5.14. The first kappa shape index (κ1) is 27.6. The topological polar surface area (TPSA) is 69.4 Å². The van der Waals surface area contributed by atoms with Gasteiger partial charge in [0.1, 0.15) is 0 Å². The van der Waals surface area contributed by atoms with Crippen molar-refractivity contribution >= 4 is 5.97 Å². The molecule has 0 amide bonds. The van der Waals surface area contributed by atoms with Gasteiger partial charge in [-0.05, 0) is 104 Å². The molecule has 0 spiro atoms. The highest BCUT2D eigenvalue weighted by Gasteiger charge is 2.60. The Bertz CT molecular complexity index is 852. The smallest absolute Gasteiger partial charge is 0.302 e. The maximum atomic E-state index is 11.8. The van der Waals surface area contributed by atoms with Crippen LogP contribution >= 0.6 is 0 Å². The summed E-state index contributed by atoms with van der Waals surface area (Å²) in [6.07, 6.45) is 16.0. The van der Waals surface area contributed by atoms with E-state index in [4.69, 9.17) is 4.74 Å². The number of fused-ring (bicyclic) bond motifs is 5. The molecule has 0 aromatic heterocycles. The van der Waals surface area contributed by atoms with E-state index in [0.717, 1.165) is 53.9 Å². The molecular weight excluding hydrogens is 450 g/mol. The number of esters is 1. The lowest BCUT2D eigenvalue weighted by atomic mass is 9.44. The monoisotopic (exact) mass is 501 g/mol. The first-order valence-electron chi connectivity index (χ1n) is 14.9. The van der Waals surface area contributed by atoms with E-state index in [-0.39, 0.29) is 16.9 Å². The summed E-state index contributed by atoms with van der Waals surface area (Å²) in [5.74, 6) is 4.99. The van der Waals surface area contributed by atoms with Crippen LogP contribution in [0.2, 0.25) is 0 Å². The second-order valence-corrected chi connectivity index (χ2v) is 14.0. The van der Waals surface area contributed by atoms with Crippen LogP contribution < -0.4 is 0 Å². The lowest BCUT2D eigenvalue weighted by molar-refractivity contribution is -0.515. The van der Waals surface area contributed by atoms with Gasteiger partial charge in [0.15, 0.2) is 6.61 Å². The van der Waals surface area contributed by atoms with Gasteiger partial charge >= 0.3 is 5.97 Å². The van der Waals surface area contributed by atoms with Crippen LogP contribution in [0, 0.1) is 62.4 Å². The summed E-state index contributed by atoms with van der Waals surface area (Å²) in [5, 5.41) is 11.8. The fourth-order valence-corrected chi connectivity index (χ4v) is 9.70. The molecule has 9 atom stereocenters. The number of rotatable bonds is 9. The number of carbonyl (C=O) groups is 1. The van der Waals surface area contributed by atoms with E-state index in [2.05, 4.69) is 40.7 Å². The van der Waals surface area contributed by atoms with Crippen molar-refractivity contribution in [1.82, 2.24) is 0 Å². The summed E-state index contributed by atoms with van der Waals surface area (Å²) in [7, 11) is 0. The summed E-state index contributed by atoms with van der Waals surface area (Å²) < 4.78 is 5.07. The van der Waals surface area contributed by atoms with Crippen LogP contribution in [-0.2, 0) is 9.53 Å². The van der Waals surface area contributed by atoms with Crippen LogP contribution in [0.1, 0.15) is 112 Å². The largest absolute Gasteiger partial charge is 0.458 e. The van der Waals surface area contributed by atoms with Gasteiger partial charge in [0.25, 0.3) is 6.04 Å². The quantitative estimate of drug-likeness (QED) is 0.140. The molecule has 4 aliphatic rings. The Morgan fingerprint density at radius 2 is 1.81 bits per heavy atom. The van der Waals surface area contributed by atoms with Crippen LogP contribution in [0.5, 0.6) is 0 Å². The minimum absolute atomic E-state index is 0.138. The number of hydrogen-bond donors (Lipinski definition) is 0. The average molecular weight is 502 g/mol. The normalized spacial score (nSPS) is 39.4. The molecule has 0 heterocycles. The first-order chi connectivity index (χ1) is 17.0. The van der Waals surface area contributed by atoms with Crippen LogP contribution in [0.4, 0.5) is 0 Å². The maximum absolute atomic E-state index is 11.8. The van der Waals surface area contributed by atoms with Gasteiger partial charge in [0.05, 0.1) is 0 Å². The Balaban J connectivity index is 1.46. The summed E-state index contributed by atoms with van der Waals surface area (Å²) in [6.45, 7) is 13.6. The molecule has 4 aliphatic carbocycles. The molecule has 1 unspecified atom stereocenters. The van der Waals surface area contributed by atoms with Crippen molar-refractivity contribution in [2.75, 3.05) is 6.61 Å². The zero-order chi connectivity index (χ0) is 26.3. The lowest BCUT2D eigenvalue weighted by Gasteiger charge is -2.60. The van der Waals surface area contributed by atoms with Crippen molar-refractivity contribution in [3.63, 3.8) is 0 Å². The molecule has 0 N–H and O–H groups in total. The predicted octanol–water partition coefficient (Wildman–Crippen LogP) is 7.85. The van der Waals surface area contributed by atoms with Gasteiger partial charge in [0, 0.05) is 17.4 Å². The fourth-order valence-electron chi connectivity index (χ4n) is 9.70. The number of nitrogens with zero attached hydrogens (tertiary/aromatic N) is 1. The third-order valence-electron chi connectivity index (χ3n) is 11.7. The van der Waals surface area contributed by atoms with Crippen molar-refractivity contribution in [3.05, 3.63) is 21.8 Å². The minimum Gasteiger partial charge on any atom is -0.458 e. The Morgan fingerprint density at radius 3 is 2.47 bits per heavy atom.